The summed E-state index contributed by atoms with van der Waals surface area (Å²) in [5.41, 5.74) is 1.50. The van der Waals surface area contributed by atoms with E-state index in [9.17, 15) is 39.9 Å². The molecule has 0 unspecified atom stereocenters. The zero-order valence-electron chi connectivity index (χ0n) is 21.5. The molecular formula is C27H32O12. The van der Waals surface area contributed by atoms with Crippen molar-refractivity contribution in [3.05, 3.63) is 47.5 Å². The molecule has 2 aromatic carbocycles. The van der Waals surface area contributed by atoms with Crippen LogP contribution in [0.1, 0.15) is 30.4 Å². The summed E-state index contributed by atoms with van der Waals surface area (Å²) in [6.07, 6.45) is -8.00. The lowest BCUT2D eigenvalue weighted by Crippen LogP contribution is -2.61. The molecule has 0 radical (unpaired) electrons. The first kappa shape index (κ1) is 29.8. The summed E-state index contributed by atoms with van der Waals surface area (Å²) in [6, 6.07) is 9.49. The van der Waals surface area contributed by atoms with Gasteiger partial charge < -0.3 is 44.5 Å². The van der Waals surface area contributed by atoms with E-state index in [2.05, 4.69) is 0 Å². The molecule has 1 aliphatic heterocycles. The molecule has 2 aromatic rings. The highest BCUT2D eigenvalue weighted by atomic mass is 16.7. The van der Waals surface area contributed by atoms with Crippen LogP contribution in [0.5, 0.6) is 23.0 Å². The molecule has 1 heterocycles. The second-order valence-corrected chi connectivity index (χ2v) is 9.10. The average molecular weight is 549 g/mol. The number of carbonyl (C=O) groups is 3. The highest BCUT2D eigenvalue weighted by molar-refractivity contribution is 5.99. The number of aliphatic carboxylic acids is 1. The lowest BCUT2D eigenvalue weighted by Gasteiger charge is -2.38. The van der Waals surface area contributed by atoms with Crippen LogP contribution in [0, 0.1) is 0 Å². The molecule has 0 aromatic heterocycles. The molecule has 5 N–H and O–H groups in total. The number of phenolic OH excluding ortho intramolecular Hbond substituents is 1. The third kappa shape index (κ3) is 7.67. The molecule has 12 nitrogen and oxygen atoms in total. The minimum atomic E-state index is -1.85. The van der Waals surface area contributed by atoms with Gasteiger partial charge in [0.1, 0.15) is 29.9 Å². The normalized spacial score (nSPS) is 22.6. The summed E-state index contributed by atoms with van der Waals surface area (Å²) < 4.78 is 21.0. The van der Waals surface area contributed by atoms with E-state index in [1.54, 1.807) is 24.3 Å². The Kier molecular flexibility index (Phi) is 10.2. The van der Waals surface area contributed by atoms with E-state index in [0.717, 1.165) is 5.56 Å². The largest absolute Gasteiger partial charge is 0.504 e. The number of Topliss-reactive ketones (excluding diaryl/α,β-unsaturated/α-hetero) is 2. The number of aliphatic hydroxyl groups is 3. The fraction of sp³-hybridized carbons (Fsp3) is 0.444. The Hall–Kier alpha value is -3.71. The Bertz CT molecular complexity index is 1180. The minimum absolute atomic E-state index is 0.00403. The van der Waals surface area contributed by atoms with Crippen molar-refractivity contribution in [1.29, 1.82) is 0 Å². The number of hydrogen-bond acceptors (Lipinski definition) is 11. The molecular weight excluding hydrogens is 516 g/mol. The number of rotatable bonds is 13. The number of hydrogen-bond donors (Lipinski definition) is 5. The number of methoxy groups -OCH3 is 2. The molecule has 0 bridgehead atoms. The van der Waals surface area contributed by atoms with Crippen molar-refractivity contribution < 1.29 is 58.9 Å². The summed E-state index contributed by atoms with van der Waals surface area (Å²) in [7, 11) is 2.79. The summed E-state index contributed by atoms with van der Waals surface area (Å²) in [4.78, 5) is 36.0. The first-order valence-electron chi connectivity index (χ1n) is 12.2. The number of aromatic hydroxyl groups is 1. The Morgan fingerprint density at radius 1 is 0.795 bits per heavy atom. The van der Waals surface area contributed by atoms with Crippen molar-refractivity contribution in [2.45, 2.75) is 62.8 Å². The van der Waals surface area contributed by atoms with Crippen LogP contribution in [0.2, 0.25) is 0 Å². The van der Waals surface area contributed by atoms with Crippen molar-refractivity contribution in [2.24, 2.45) is 0 Å². The van der Waals surface area contributed by atoms with E-state index < -0.39 is 36.7 Å². The predicted molar refractivity (Wildman–Crippen MR) is 134 cm³/mol. The predicted octanol–water partition coefficient (Wildman–Crippen LogP) is 0.774. The first-order valence-corrected chi connectivity index (χ1v) is 12.2. The summed E-state index contributed by atoms with van der Waals surface area (Å²) in [6.45, 7) is 0. The van der Waals surface area contributed by atoms with Gasteiger partial charge in [-0.3, -0.25) is 9.59 Å². The Morgan fingerprint density at radius 3 is 1.92 bits per heavy atom. The van der Waals surface area contributed by atoms with Gasteiger partial charge in [0.25, 0.3) is 0 Å². The van der Waals surface area contributed by atoms with Gasteiger partial charge >= 0.3 is 5.97 Å². The van der Waals surface area contributed by atoms with Crippen molar-refractivity contribution >= 4 is 17.5 Å². The maximum Gasteiger partial charge on any atom is 0.335 e. The topological polar surface area (TPSA) is 189 Å². The molecule has 0 aliphatic carbocycles. The van der Waals surface area contributed by atoms with Crippen molar-refractivity contribution in [2.75, 3.05) is 14.2 Å². The standard InChI is InChI=1S/C27H32O12/c1-36-20-11-14(5-9-18(20)30)3-7-16(28)13-17(29)8-4-15-6-10-19(21(12-15)37-2)38-27-24(33)22(31)23(32)25(39-27)26(34)35/h5-6,9-12,22-25,27,30-33H,3-4,7-8,13H2,1-2H3,(H,34,35)/t22-,23+,24-,25-,27+/m1/s1. The molecule has 212 valence electrons. The second kappa shape index (κ2) is 13.4. The van der Waals surface area contributed by atoms with Gasteiger partial charge in [-0.25, -0.2) is 4.79 Å². The molecule has 1 fully saturated rings. The number of phenols is 1. The molecule has 0 amide bonds. The quantitative estimate of drug-likeness (QED) is 0.222. The van der Waals surface area contributed by atoms with Gasteiger partial charge in [-0.1, -0.05) is 12.1 Å². The number of ether oxygens (including phenoxy) is 4. The van der Waals surface area contributed by atoms with E-state index in [1.807, 2.05) is 0 Å². The molecule has 1 saturated heterocycles. The van der Waals surface area contributed by atoms with Crippen molar-refractivity contribution in [1.82, 2.24) is 0 Å². The van der Waals surface area contributed by atoms with Gasteiger partial charge in [-0.05, 0) is 48.2 Å². The zero-order valence-corrected chi connectivity index (χ0v) is 21.5. The maximum absolute atomic E-state index is 12.4. The van der Waals surface area contributed by atoms with Gasteiger partial charge in [0.05, 0.1) is 20.6 Å². The van der Waals surface area contributed by atoms with E-state index in [-0.39, 0.29) is 48.1 Å². The third-order valence-corrected chi connectivity index (χ3v) is 6.31. The fourth-order valence-corrected chi connectivity index (χ4v) is 4.08. The van der Waals surface area contributed by atoms with Crippen molar-refractivity contribution in [3.8, 4) is 23.0 Å². The van der Waals surface area contributed by atoms with E-state index in [0.29, 0.717) is 24.2 Å². The Morgan fingerprint density at radius 2 is 1.36 bits per heavy atom. The SMILES string of the molecule is COc1cc(CCC(=O)CC(=O)CCc2ccc(O[C@H]3O[C@@H](C(=O)O)[C@@H](O)[C@@H](O)[C@H]3O)c(OC)c2)ccc1O. The van der Waals surface area contributed by atoms with E-state index in [4.69, 9.17) is 18.9 Å². The number of carboxylic acids is 1. The Balaban J connectivity index is 1.53. The van der Waals surface area contributed by atoms with Crippen LogP contribution in [-0.2, 0) is 32.0 Å². The molecule has 12 heteroatoms. The molecule has 3 rings (SSSR count). The molecule has 5 atom stereocenters. The summed E-state index contributed by atoms with van der Waals surface area (Å²) in [5.74, 6) is -1.38. The number of carboxylic acid groups (broad SMARTS) is 1. The van der Waals surface area contributed by atoms with Crippen molar-refractivity contribution in [3.63, 3.8) is 0 Å². The van der Waals surface area contributed by atoms with Crippen LogP contribution in [0.4, 0.5) is 0 Å². The summed E-state index contributed by atoms with van der Waals surface area (Å²) in [5, 5.41) is 48.8. The van der Waals surface area contributed by atoms with Gasteiger partial charge in [0, 0.05) is 12.8 Å². The van der Waals surface area contributed by atoms with Crippen LogP contribution in [-0.4, -0.2) is 88.0 Å². The third-order valence-electron chi connectivity index (χ3n) is 6.31. The molecule has 1 aliphatic rings. The maximum atomic E-state index is 12.4. The van der Waals surface area contributed by atoms with Gasteiger partial charge in [-0.15, -0.1) is 0 Å². The molecule has 0 saturated carbocycles. The lowest BCUT2D eigenvalue weighted by molar-refractivity contribution is -0.271. The van der Waals surface area contributed by atoms with Crippen LogP contribution in [0.15, 0.2) is 36.4 Å². The van der Waals surface area contributed by atoms with Crippen LogP contribution < -0.4 is 14.2 Å². The highest BCUT2D eigenvalue weighted by Crippen LogP contribution is 2.32. The van der Waals surface area contributed by atoms with Crippen LogP contribution >= 0.6 is 0 Å². The van der Waals surface area contributed by atoms with Crippen LogP contribution in [0.3, 0.4) is 0 Å². The van der Waals surface area contributed by atoms with Gasteiger partial charge in [0.15, 0.2) is 29.1 Å². The average Bonchev–Trinajstić information content (AvgIpc) is 2.91. The number of aliphatic hydroxyl groups excluding tert-OH is 3. The lowest BCUT2D eigenvalue weighted by atomic mass is 9.99. The number of aryl methyl sites for hydroxylation is 2. The monoisotopic (exact) mass is 548 g/mol. The Labute approximate surface area is 224 Å². The van der Waals surface area contributed by atoms with E-state index in [1.165, 1.54) is 26.4 Å². The van der Waals surface area contributed by atoms with Crippen LogP contribution in [0.25, 0.3) is 0 Å². The number of benzene rings is 2. The highest BCUT2D eigenvalue weighted by Gasteiger charge is 2.48. The zero-order chi connectivity index (χ0) is 28.7. The van der Waals surface area contributed by atoms with Gasteiger partial charge in [0.2, 0.25) is 6.29 Å². The summed E-state index contributed by atoms with van der Waals surface area (Å²) >= 11 is 0. The van der Waals surface area contributed by atoms with E-state index >= 15 is 0 Å². The van der Waals surface area contributed by atoms with Gasteiger partial charge in [-0.2, -0.15) is 0 Å². The first-order chi connectivity index (χ1) is 18.5. The molecule has 0 spiro atoms. The fourth-order valence-electron chi connectivity index (χ4n) is 4.08. The minimum Gasteiger partial charge on any atom is -0.504 e. The molecule has 39 heavy (non-hydrogen) atoms. The number of carbonyl (C=O) groups excluding carboxylic acids is 2. The smallest absolute Gasteiger partial charge is 0.335 e. The number of ketones is 2. The second-order valence-electron chi connectivity index (χ2n) is 9.10.